The number of nitrogens with one attached hydrogen (secondary N) is 2. The minimum Gasteiger partial charge on any atom is -0.356 e. The van der Waals surface area contributed by atoms with E-state index in [0.717, 1.165) is 57.3 Å². The summed E-state index contributed by atoms with van der Waals surface area (Å²) in [5.74, 6) is -0.118. The molecule has 0 aromatic heterocycles. The minimum absolute atomic E-state index is 0.0470. The van der Waals surface area contributed by atoms with Crippen LogP contribution in [-0.2, 0) is 9.59 Å². The summed E-state index contributed by atoms with van der Waals surface area (Å²) < 4.78 is 13.0. The Morgan fingerprint density at radius 1 is 1.19 bits per heavy atom. The highest BCUT2D eigenvalue weighted by atomic mass is 19.1. The van der Waals surface area contributed by atoms with Crippen LogP contribution in [0.4, 0.5) is 4.39 Å². The van der Waals surface area contributed by atoms with Gasteiger partial charge in [0.05, 0.1) is 12.6 Å². The van der Waals surface area contributed by atoms with Crippen LogP contribution in [0.1, 0.15) is 57.6 Å². The Balaban J connectivity index is 1.68. The number of nitrogens with zero attached hydrogens (tertiary/aromatic N) is 1. The van der Waals surface area contributed by atoms with Crippen LogP contribution < -0.4 is 10.6 Å². The molecule has 0 bridgehead atoms. The van der Waals surface area contributed by atoms with Crippen LogP contribution in [0, 0.1) is 11.7 Å². The maximum atomic E-state index is 13.0. The molecule has 2 N–H and O–H groups in total. The van der Waals surface area contributed by atoms with E-state index in [2.05, 4.69) is 22.5 Å². The molecule has 6 heteroatoms. The second-order valence-electron chi connectivity index (χ2n) is 7.39. The van der Waals surface area contributed by atoms with Crippen molar-refractivity contribution < 1.29 is 14.0 Å². The highest BCUT2D eigenvalue weighted by Crippen LogP contribution is 2.18. The van der Waals surface area contributed by atoms with Gasteiger partial charge in [0.1, 0.15) is 5.82 Å². The zero-order valence-corrected chi connectivity index (χ0v) is 16.5. The molecule has 1 atom stereocenters. The van der Waals surface area contributed by atoms with Gasteiger partial charge >= 0.3 is 0 Å². The molecule has 150 valence electrons. The number of piperidine rings is 1. The first-order valence-electron chi connectivity index (χ1n) is 10.0. The first-order valence-corrected chi connectivity index (χ1v) is 10.0. The van der Waals surface area contributed by atoms with E-state index in [1.165, 1.54) is 12.1 Å². The van der Waals surface area contributed by atoms with Crippen molar-refractivity contribution in [1.29, 1.82) is 0 Å². The number of hydrogen-bond acceptors (Lipinski definition) is 3. The van der Waals surface area contributed by atoms with Gasteiger partial charge in [0.25, 0.3) is 0 Å². The number of benzene rings is 1. The number of likely N-dealkylation sites (tertiary alicyclic amines) is 1. The molecule has 0 saturated carbocycles. The first kappa shape index (κ1) is 21.4. The number of carbonyl (C=O) groups excluding carboxylic acids is 2. The zero-order valence-electron chi connectivity index (χ0n) is 16.5. The van der Waals surface area contributed by atoms with Crippen molar-refractivity contribution >= 4 is 11.8 Å². The van der Waals surface area contributed by atoms with Crippen LogP contribution in [-0.4, -0.2) is 42.9 Å². The second-order valence-corrected chi connectivity index (χ2v) is 7.39. The molecule has 1 heterocycles. The summed E-state index contributed by atoms with van der Waals surface area (Å²) in [6.07, 6.45) is 4.91. The van der Waals surface area contributed by atoms with Crippen molar-refractivity contribution in [3.05, 3.63) is 35.6 Å². The van der Waals surface area contributed by atoms with Gasteiger partial charge < -0.3 is 10.6 Å². The summed E-state index contributed by atoms with van der Waals surface area (Å²) in [6, 6.07) is 6.01. The topological polar surface area (TPSA) is 61.4 Å². The number of hydrogen-bond donors (Lipinski definition) is 2. The standard InChI is InChI=1S/C21H32FN3O2/c1-3-4-5-12-23-21(27)18-10-13-25(14-11-18)15-20(26)24-16(2)17-6-8-19(22)9-7-17/h6-9,16,18H,3-5,10-15H2,1-2H3,(H,23,27)(H,24,26). The Morgan fingerprint density at radius 3 is 2.48 bits per heavy atom. The lowest BCUT2D eigenvalue weighted by Crippen LogP contribution is -2.44. The lowest BCUT2D eigenvalue weighted by atomic mass is 9.96. The van der Waals surface area contributed by atoms with Crippen LogP contribution in [0.25, 0.3) is 0 Å². The molecule has 1 saturated heterocycles. The van der Waals surface area contributed by atoms with Gasteiger partial charge in [-0.05, 0) is 57.0 Å². The molecule has 27 heavy (non-hydrogen) atoms. The molecule has 1 aliphatic rings. The minimum atomic E-state index is -0.283. The Bertz CT molecular complexity index is 598. The zero-order chi connectivity index (χ0) is 19.6. The fraction of sp³-hybridized carbons (Fsp3) is 0.619. The maximum Gasteiger partial charge on any atom is 0.234 e. The fourth-order valence-electron chi connectivity index (χ4n) is 3.41. The van der Waals surface area contributed by atoms with E-state index in [1.54, 1.807) is 12.1 Å². The molecule has 2 rings (SSSR count). The Kier molecular flexibility index (Phi) is 8.72. The molecule has 0 spiro atoms. The van der Waals surface area contributed by atoms with Gasteiger partial charge in [-0.25, -0.2) is 4.39 Å². The molecule has 1 fully saturated rings. The van der Waals surface area contributed by atoms with E-state index in [4.69, 9.17) is 0 Å². The van der Waals surface area contributed by atoms with E-state index < -0.39 is 0 Å². The van der Waals surface area contributed by atoms with Crippen molar-refractivity contribution in [1.82, 2.24) is 15.5 Å². The third-order valence-corrected chi connectivity index (χ3v) is 5.15. The number of unbranched alkanes of at least 4 members (excludes halogenated alkanes) is 2. The SMILES string of the molecule is CCCCCNC(=O)C1CCN(CC(=O)NC(C)c2ccc(F)cc2)CC1. The van der Waals surface area contributed by atoms with Gasteiger partial charge in [-0.3, -0.25) is 14.5 Å². The van der Waals surface area contributed by atoms with Crippen molar-refractivity contribution in [2.24, 2.45) is 5.92 Å². The van der Waals surface area contributed by atoms with Crippen LogP contribution in [0.3, 0.4) is 0 Å². The van der Waals surface area contributed by atoms with E-state index in [9.17, 15) is 14.0 Å². The quantitative estimate of drug-likeness (QED) is 0.651. The van der Waals surface area contributed by atoms with E-state index in [0.29, 0.717) is 6.54 Å². The molecule has 2 amide bonds. The van der Waals surface area contributed by atoms with Crippen molar-refractivity contribution in [2.45, 2.75) is 52.0 Å². The van der Waals surface area contributed by atoms with Gasteiger partial charge in [0.2, 0.25) is 11.8 Å². The van der Waals surface area contributed by atoms with Crippen LogP contribution in [0.15, 0.2) is 24.3 Å². The van der Waals surface area contributed by atoms with E-state index in [1.807, 2.05) is 6.92 Å². The summed E-state index contributed by atoms with van der Waals surface area (Å²) in [5, 5.41) is 5.98. The predicted octanol–water partition coefficient (Wildman–Crippen LogP) is 3.02. The van der Waals surface area contributed by atoms with Crippen molar-refractivity contribution in [2.75, 3.05) is 26.2 Å². The summed E-state index contributed by atoms with van der Waals surface area (Å²) in [7, 11) is 0. The average Bonchev–Trinajstić information content (AvgIpc) is 2.66. The monoisotopic (exact) mass is 377 g/mol. The average molecular weight is 378 g/mol. The molecule has 1 unspecified atom stereocenters. The highest BCUT2D eigenvalue weighted by molar-refractivity contribution is 5.79. The van der Waals surface area contributed by atoms with E-state index in [-0.39, 0.29) is 29.6 Å². The number of amides is 2. The third kappa shape index (κ3) is 7.29. The summed E-state index contributed by atoms with van der Waals surface area (Å²) in [6.45, 7) is 6.64. The van der Waals surface area contributed by atoms with Crippen LogP contribution in [0.2, 0.25) is 0 Å². The van der Waals surface area contributed by atoms with Gasteiger partial charge in [-0.15, -0.1) is 0 Å². The molecule has 0 radical (unpaired) electrons. The molecule has 1 aliphatic heterocycles. The summed E-state index contributed by atoms with van der Waals surface area (Å²) in [4.78, 5) is 26.5. The maximum absolute atomic E-state index is 13.0. The Morgan fingerprint density at radius 2 is 1.85 bits per heavy atom. The lowest BCUT2D eigenvalue weighted by Gasteiger charge is -2.31. The van der Waals surface area contributed by atoms with Gasteiger partial charge in [0.15, 0.2) is 0 Å². The van der Waals surface area contributed by atoms with Crippen molar-refractivity contribution in [3.63, 3.8) is 0 Å². The predicted molar refractivity (Wildman–Crippen MR) is 105 cm³/mol. The number of rotatable bonds is 9. The molecule has 5 nitrogen and oxygen atoms in total. The highest BCUT2D eigenvalue weighted by Gasteiger charge is 2.25. The van der Waals surface area contributed by atoms with Crippen LogP contribution >= 0.6 is 0 Å². The van der Waals surface area contributed by atoms with E-state index >= 15 is 0 Å². The lowest BCUT2D eigenvalue weighted by molar-refractivity contribution is -0.127. The first-order chi connectivity index (χ1) is 13.0. The Hall–Kier alpha value is -1.95. The summed E-state index contributed by atoms with van der Waals surface area (Å²) >= 11 is 0. The van der Waals surface area contributed by atoms with Crippen LogP contribution in [0.5, 0.6) is 0 Å². The normalized spacial score (nSPS) is 16.7. The number of halogens is 1. The second kappa shape index (κ2) is 11.0. The number of carbonyl (C=O) groups is 2. The van der Waals surface area contributed by atoms with Gasteiger partial charge in [0, 0.05) is 12.5 Å². The molecular weight excluding hydrogens is 345 g/mol. The van der Waals surface area contributed by atoms with Gasteiger partial charge in [-0.1, -0.05) is 31.9 Å². The molecule has 0 aliphatic carbocycles. The Labute approximate surface area is 161 Å². The largest absolute Gasteiger partial charge is 0.356 e. The molecule has 1 aromatic rings. The molecule has 1 aromatic carbocycles. The summed E-state index contributed by atoms with van der Waals surface area (Å²) in [5.41, 5.74) is 0.878. The third-order valence-electron chi connectivity index (χ3n) is 5.15. The fourth-order valence-corrected chi connectivity index (χ4v) is 3.41. The molecular formula is C21H32FN3O2. The smallest absolute Gasteiger partial charge is 0.234 e. The van der Waals surface area contributed by atoms with Gasteiger partial charge in [-0.2, -0.15) is 0 Å². The van der Waals surface area contributed by atoms with Crippen molar-refractivity contribution in [3.8, 4) is 0 Å².